The summed E-state index contributed by atoms with van der Waals surface area (Å²) in [6.45, 7) is 1.35. The second kappa shape index (κ2) is 5.78. The summed E-state index contributed by atoms with van der Waals surface area (Å²) < 4.78 is 0. The molecule has 0 aromatic carbocycles. The number of carbonyl (C=O) groups is 3. The summed E-state index contributed by atoms with van der Waals surface area (Å²) >= 11 is 0. The third-order valence-electron chi connectivity index (χ3n) is 2.84. The van der Waals surface area contributed by atoms with Gasteiger partial charge in [-0.3, -0.25) is 9.59 Å². The molecule has 8 nitrogen and oxygen atoms in total. The van der Waals surface area contributed by atoms with Gasteiger partial charge < -0.3 is 26.2 Å². The van der Waals surface area contributed by atoms with Gasteiger partial charge in [0.05, 0.1) is 12.6 Å². The number of nitrogens with two attached hydrogens (primary N) is 1. The molecule has 102 valence electrons. The van der Waals surface area contributed by atoms with E-state index in [1.165, 1.54) is 6.92 Å². The zero-order chi connectivity index (χ0) is 13.9. The van der Waals surface area contributed by atoms with Crippen molar-refractivity contribution in [1.29, 1.82) is 0 Å². The number of aliphatic hydroxyl groups excluding tert-OH is 1. The summed E-state index contributed by atoms with van der Waals surface area (Å²) in [7, 11) is 0. The maximum absolute atomic E-state index is 12.0. The number of nitrogens with one attached hydrogen (secondary N) is 1. The molecule has 3 atom stereocenters. The number of hydrogen-bond acceptors (Lipinski definition) is 5. The molecule has 1 unspecified atom stereocenters. The number of rotatable bonds is 4. The zero-order valence-electron chi connectivity index (χ0n) is 10.00. The zero-order valence-corrected chi connectivity index (χ0v) is 10.00. The summed E-state index contributed by atoms with van der Waals surface area (Å²) in [4.78, 5) is 35.0. The number of nitrogens with zero attached hydrogens (tertiary/aromatic N) is 1. The molecule has 5 N–H and O–H groups in total. The summed E-state index contributed by atoms with van der Waals surface area (Å²) in [6.07, 6.45) is -0.871. The monoisotopic (exact) mass is 259 g/mol. The Morgan fingerprint density at radius 3 is 2.61 bits per heavy atom. The van der Waals surface area contributed by atoms with Crippen molar-refractivity contribution < 1.29 is 24.6 Å². The number of aliphatic hydroxyl groups is 1. The van der Waals surface area contributed by atoms with Crippen LogP contribution in [0.15, 0.2) is 0 Å². The molecule has 8 heteroatoms. The SMILES string of the molecule is C[C@H](NC(=O)CN)C(=O)N1CCC(O)[C@H]1C(=O)O. The first-order valence-electron chi connectivity index (χ1n) is 5.59. The van der Waals surface area contributed by atoms with Gasteiger partial charge in [0.25, 0.3) is 0 Å². The van der Waals surface area contributed by atoms with Gasteiger partial charge in [-0.15, -0.1) is 0 Å². The molecule has 0 aliphatic carbocycles. The summed E-state index contributed by atoms with van der Waals surface area (Å²) in [5.74, 6) is -2.30. The fraction of sp³-hybridized carbons (Fsp3) is 0.700. The van der Waals surface area contributed by atoms with Crippen LogP contribution in [0.5, 0.6) is 0 Å². The Bertz CT molecular complexity index is 359. The lowest BCUT2D eigenvalue weighted by Gasteiger charge is -2.26. The van der Waals surface area contributed by atoms with Crippen molar-refractivity contribution in [3.63, 3.8) is 0 Å². The van der Waals surface area contributed by atoms with E-state index in [4.69, 9.17) is 10.8 Å². The first-order chi connectivity index (χ1) is 8.38. The Hall–Kier alpha value is -1.67. The number of carbonyl (C=O) groups excluding carboxylic acids is 2. The Labute approximate surface area is 104 Å². The second-order valence-corrected chi connectivity index (χ2v) is 4.16. The standard InChI is InChI=1S/C10H17N3O5/c1-5(12-7(15)4-11)9(16)13-3-2-6(14)8(13)10(17)18/h5-6,8,14H,2-4,11H2,1H3,(H,12,15)(H,17,18)/t5-,6?,8-/m0/s1. The molecule has 0 aromatic heterocycles. The molecule has 1 aliphatic heterocycles. The van der Waals surface area contributed by atoms with E-state index in [-0.39, 0.29) is 19.5 Å². The molecule has 1 aliphatic rings. The lowest BCUT2D eigenvalue weighted by molar-refractivity contribution is -0.151. The number of carboxylic acids is 1. The smallest absolute Gasteiger partial charge is 0.329 e. The Morgan fingerprint density at radius 2 is 2.11 bits per heavy atom. The number of carboxylic acid groups (broad SMARTS) is 1. The van der Waals surface area contributed by atoms with Gasteiger partial charge in [0.15, 0.2) is 6.04 Å². The lowest BCUT2D eigenvalue weighted by atomic mass is 10.1. The Kier molecular flexibility index (Phi) is 4.62. The molecule has 1 saturated heterocycles. The lowest BCUT2D eigenvalue weighted by Crippen LogP contribution is -2.53. The average molecular weight is 259 g/mol. The highest BCUT2D eigenvalue weighted by atomic mass is 16.4. The van der Waals surface area contributed by atoms with Gasteiger partial charge in [0.1, 0.15) is 6.04 Å². The molecule has 0 radical (unpaired) electrons. The first kappa shape index (κ1) is 14.4. The van der Waals surface area contributed by atoms with E-state index in [0.717, 1.165) is 4.90 Å². The van der Waals surface area contributed by atoms with Crippen LogP contribution < -0.4 is 11.1 Å². The minimum Gasteiger partial charge on any atom is -0.480 e. The fourth-order valence-electron chi connectivity index (χ4n) is 1.93. The van der Waals surface area contributed by atoms with Crippen LogP contribution in [0.1, 0.15) is 13.3 Å². The largest absolute Gasteiger partial charge is 0.480 e. The minimum absolute atomic E-state index is 0.153. The molecule has 1 heterocycles. The molecule has 1 fully saturated rings. The van der Waals surface area contributed by atoms with E-state index in [1.807, 2.05) is 0 Å². The van der Waals surface area contributed by atoms with Crippen molar-refractivity contribution in [3.8, 4) is 0 Å². The van der Waals surface area contributed by atoms with Crippen LogP contribution in [-0.2, 0) is 14.4 Å². The molecule has 2 amide bonds. The van der Waals surface area contributed by atoms with Crippen LogP contribution in [-0.4, -0.2) is 64.2 Å². The molecule has 1 rings (SSSR count). The van der Waals surface area contributed by atoms with Crippen LogP contribution in [0.4, 0.5) is 0 Å². The number of hydrogen-bond donors (Lipinski definition) is 4. The van der Waals surface area contributed by atoms with E-state index in [1.54, 1.807) is 0 Å². The predicted molar refractivity (Wildman–Crippen MR) is 60.4 cm³/mol. The van der Waals surface area contributed by atoms with Crippen LogP contribution in [0.2, 0.25) is 0 Å². The van der Waals surface area contributed by atoms with E-state index in [0.29, 0.717) is 0 Å². The minimum atomic E-state index is -1.26. The van der Waals surface area contributed by atoms with Crippen LogP contribution in [0.25, 0.3) is 0 Å². The van der Waals surface area contributed by atoms with Crippen LogP contribution >= 0.6 is 0 Å². The molecule has 18 heavy (non-hydrogen) atoms. The average Bonchev–Trinajstić information content (AvgIpc) is 2.69. The normalized spacial score (nSPS) is 24.7. The summed E-state index contributed by atoms with van der Waals surface area (Å²) in [5, 5.41) is 20.8. The Balaban J connectivity index is 2.71. The van der Waals surface area contributed by atoms with E-state index in [9.17, 15) is 19.5 Å². The predicted octanol–water partition coefficient (Wildman–Crippen LogP) is -2.50. The fourth-order valence-corrected chi connectivity index (χ4v) is 1.93. The van der Waals surface area contributed by atoms with E-state index >= 15 is 0 Å². The number of aliphatic carboxylic acids is 1. The van der Waals surface area contributed by atoms with Gasteiger partial charge in [-0.05, 0) is 13.3 Å². The number of amides is 2. The van der Waals surface area contributed by atoms with Crippen molar-refractivity contribution in [2.45, 2.75) is 31.5 Å². The number of likely N-dealkylation sites (tertiary alicyclic amines) is 1. The van der Waals surface area contributed by atoms with Gasteiger partial charge >= 0.3 is 5.97 Å². The van der Waals surface area contributed by atoms with E-state index < -0.39 is 36.0 Å². The molecular formula is C10H17N3O5. The third-order valence-corrected chi connectivity index (χ3v) is 2.84. The van der Waals surface area contributed by atoms with Crippen molar-refractivity contribution in [2.24, 2.45) is 5.73 Å². The third kappa shape index (κ3) is 2.96. The Morgan fingerprint density at radius 1 is 1.50 bits per heavy atom. The van der Waals surface area contributed by atoms with Crippen molar-refractivity contribution in [1.82, 2.24) is 10.2 Å². The van der Waals surface area contributed by atoms with Crippen molar-refractivity contribution in [2.75, 3.05) is 13.1 Å². The molecule has 0 spiro atoms. The quantitative estimate of drug-likeness (QED) is 0.441. The van der Waals surface area contributed by atoms with Gasteiger partial charge in [-0.1, -0.05) is 0 Å². The highest BCUT2D eigenvalue weighted by Gasteiger charge is 2.42. The van der Waals surface area contributed by atoms with Crippen molar-refractivity contribution >= 4 is 17.8 Å². The molecular weight excluding hydrogens is 242 g/mol. The van der Waals surface area contributed by atoms with Crippen LogP contribution in [0.3, 0.4) is 0 Å². The van der Waals surface area contributed by atoms with Gasteiger partial charge in [0, 0.05) is 6.54 Å². The molecule has 0 saturated carbocycles. The highest BCUT2D eigenvalue weighted by molar-refractivity contribution is 5.91. The topological polar surface area (TPSA) is 133 Å². The summed E-state index contributed by atoms with van der Waals surface area (Å²) in [6, 6.07) is -2.12. The van der Waals surface area contributed by atoms with Gasteiger partial charge in [-0.25, -0.2) is 4.79 Å². The van der Waals surface area contributed by atoms with Gasteiger partial charge in [-0.2, -0.15) is 0 Å². The van der Waals surface area contributed by atoms with Crippen LogP contribution in [0, 0.1) is 0 Å². The second-order valence-electron chi connectivity index (χ2n) is 4.16. The molecule has 0 aromatic rings. The highest BCUT2D eigenvalue weighted by Crippen LogP contribution is 2.19. The maximum atomic E-state index is 12.0. The molecule has 0 bridgehead atoms. The van der Waals surface area contributed by atoms with Gasteiger partial charge in [0.2, 0.25) is 11.8 Å². The maximum Gasteiger partial charge on any atom is 0.329 e. The van der Waals surface area contributed by atoms with Crippen molar-refractivity contribution in [3.05, 3.63) is 0 Å². The first-order valence-corrected chi connectivity index (χ1v) is 5.59. The van der Waals surface area contributed by atoms with E-state index in [2.05, 4.69) is 5.32 Å². The summed E-state index contributed by atoms with van der Waals surface area (Å²) in [5.41, 5.74) is 5.10.